The zero-order valence-electron chi connectivity index (χ0n) is 13.1. The van der Waals surface area contributed by atoms with Crippen LogP contribution in [0.3, 0.4) is 0 Å². The van der Waals surface area contributed by atoms with Crippen molar-refractivity contribution in [3.05, 3.63) is 35.9 Å². The molecule has 2 aliphatic rings. The van der Waals surface area contributed by atoms with E-state index in [-0.39, 0.29) is 24.5 Å². The summed E-state index contributed by atoms with van der Waals surface area (Å²) in [6, 6.07) is 9.68. The topological polar surface area (TPSA) is 72.9 Å². The minimum atomic E-state index is -0.439. The highest BCUT2D eigenvalue weighted by atomic mass is 16.3. The molecule has 0 aromatic heterocycles. The summed E-state index contributed by atoms with van der Waals surface area (Å²) in [5.74, 6) is -0.0861. The van der Waals surface area contributed by atoms with E-state index in [4.69, 9.17) is 0 Å². The van der Waals surface area contributed by atoms with Crippen molar-refractivity contribution in [3.63, 3.8) is 0 Å². The Morgan fingerprint density at radius 2 is 2.00 bits per heavy atom. The first-order valence-corrected chi connectivity index (χ1v) is 8.19. The number of hydrogen-bond acceptors (Lipinski definition) is 3. The number of piperidine rings is 1. The van der Waals surface area contributed by atoms with Crippen LogP contribution in [0, 0.1) is 0 Å². The van der Waals surface area contributed by atoms with Gasteiger partial charge >= 0.3 is 6.03 Å². The van der Waals surface area contributed by atoms with Crippen molar-refractivity contribution in [3.8, 4) is 0 Å². The summed E-state index contributed by atoms with van der Waals surface area (Å²) in [4.78, 5) is 27.8. The first-order valence-electron chi connectivity index (χ1n) is 8.19. The van der Waals surface area contributed by atoms with Crippen LogP contribution < -0.4 is 5.32 Å². The molecule has 1 aromatic rings. The minimum Gasteiger partial charge on any atom is -0.391 e. The van der Waals surface area contributed by atoms with E-state index in [1.54, 1.807) is 9.80 Å². The van der Waals surface area contributed by atoms with Crippen LogP contribution in [0.25, 0.3) is 0 Å². The SMILES string of the molecule is O=C(CN1CCC(c2ccccc2)NC1=O)N1CCC[C@@H](O)C1. The first-order chi connectivity index (χ1) is 11.1. The van der Waals surface area contributed by atoms with E-state index in [9.17, 15) is 14.7 Å². The summed E-state index contributed by atoms with van der Waals surface area (Å²) in [5, 5.41) is 12.6. The number of aliphatic hydroxyl groups is 1. The van der Waals surface area contributed by atoms with Crippen LogP contribution in [-0.2, 0) is 4.79 Å². The highest BCUT2D eigenvalue weighted by Gasteiger charge is 2.29. The summed E-state index contributed by atoms with van der Waals surface area (Å²) < 4.78 is 0. The molecular formula is C17H23N3O3. The number of aliphatic hydroxyl groups excluding tert-OH is 1. The maximum atomic E-state index is 12.3. The Balaban J connectivity index is 1.54. The first kappa shape index (κ1) is 15.8. The van der Waals surface area contributed by atoms with E-state index >= 15 is 0 Å². The molecule has 2 fully saturated rings. The largest absolute Gasteiger partial charge is 0.391 e. The Labute approximate surface area is 136 Å². The summed E-state index contributed by atoms with van der Waals surface area (Å²) in [6.45, 7) is 1.69. The minimum absolute atomic E-state index is 0.00635. The van der Waals surface area contributed by atoms with Gasteiger partial charge in [0.2, 0.25) is 5.91 Å². The molecule has 2 aliphatic heterocycles. The van der Waals surface area contributed by atoms with Gasteiger partial charge in [-0.2, -0.15) is 0 Å². The lowest BCUT2D eigenvalue weighted by molar-refractivity contribution is -0.135. The molecular weight excluding hydrogens is 294 g/mol. The zero-order chi connectivity index (χ0) is 16.2. The fourth-order valence-electron chi connectivity index (χ4n) is 3.23. The Morgan fingerprint density at radius 1 is 1.22 bits per heavy atom. The van der Waals surface area contributed by atoms with Crippen molar-refractivity contribution < 1.29 is 14.7 Å². The summed E-state index contributed by atoms with van der Waals surface area (Å²) in [5.41, 5.74) is 1.09. The molecule has 1 unspecified atom stereocenters. The molecule has 0 spiro atoms. The molecule has 2 N–H and O–H groups in total. The normalized spacial score (nSPS) is 25.2. The smallest absolute Gasteiger partial charge is 0.318 e. The van der Waals surface area contributed by atoms with Crippen molar-refractivity contribution >= 4 is 11.9 Å². The Hall–Kier alpha value is -2.08. The molecule has 0 aliphatic carbocycles. The second-order valence-electron chi connectivity index (χ2n) is 6.26. The molecule has 0 bridgehead atoms. The zero-order valence-corrected chi connectivity index (χ0v) is 13.1. The highest BCUT2D eigenvalue weighted by molar-refractivity contribution is 5.84. The molecule has 2 heterocycles. The fourth-order valence-corrected chi connectivity index (χ4v) is 3.23. The van der Waals surface area contributed by atoms with Gasteiger partial charge in [0.1, 0.15) is 6.54 Å². The van der Waals surface area contributed by atoms with Gasteiger partial charge in [-0.05, 0) is 24.8 Å². The number of β-amino-alcohol motifs (C(OH)–C–C–N with tert-alkyl or cyclic N) is 1. The number of amides is 3. The third-order valence-electron chi connectivity index (χ3n) is 4.55. The van der Waals surface area contributed by atoms with Gasteiger partial charge in [-0.1, -0.05) is 30.3 Å². The van der Waals surface area contributed by atoms with E-state index in [1.807, 2.05) is 30.3 Å². The maximum Gasteiger partial charge on any atom is 0.318 e. The number of carbonyl (C=O) groups is 2. The van der Waals surface area contributed by atoms with Gasteiger partial charge in [-0.3, -0.25) is 4.79 Å². The van der Waals surface area contributed by atoms with Gasteiger partial charge in [-0.15, -0.1) is 0 Å². The number of urea groups is 1. The predicted molar refractivity (Wildman–Crippen MR) is 85.7 cm³/mol. The Bertz CT molecular complexity index is 563. The average molecular weight is 317 g/mol. The summed E-state index contributed by atoms with van der Waals surface area (Å²) in [7, 11) is 0. The van der Waals surface area contributed by atoms with Crippen LogP contribution >= 0.6 is 0 Å². The fraction of sp³-hybridized carbons (Fsp3) is 0.529. The third kappa shape index (κ3) is 3.82. The molecule has 1 aromatic carbocycles. The molecule has 0 saturated carbocycles. The van der Waals surface area contributed by atoms with E-state index < -0.39 is 6.10 Å². The second kappa shape index (κ2) is 7.00. The molecule has 2 saturated heterocycles. The monoisotopic (exact) mass is 317 g/mol. The Morgan fingerprint density at radius 3 is 2.70 bits per heavy atom. The number of nitrogens with zero attached hydrogens (tertiary/aromatic N) is 2. The van der Waals surface area contributed by atoms with Gasteiger partial charge < -0.3 is 20.2 Å². The van der Waals surface area contributed by atoms with Crippen molar-refractivity contribution in [1.29, 1.82) is 0 Å². The third-order valence-corrected chi connectivity index (χ3v) is 4.55. The molecule has 3 rings (SSSR count). The van der Waals surface area contributed by atoms with Crippen molar-refractivity contribution in [2.45, 2.75) is 31.4 Å². The number of hydrogen-bond donors (Lipinski definition) is 2. The lowest BCUT2D eigenvalue weighted by atomic mass is 10.0. The molecule has 3 amide bonds. The molecule has 0 radical (unpaired) electrons. The number of nitrogens with one attached hydrogen (secondary N) is 1. The summed E-state index contributed by atoms with van der Waals surface area (Å²) >= 11 is 0. The average Bonchev–Trinajstić information content (AvgIpc) is 2.57. The van der Waals surface area contributed by atoms with Crippen molar-refractivity contribution in [1.82, 2.24) is 15.1 Å². The lowest BCUT2D eigenvalue weighted by Crippen LogP contribution is -2.53. The predicted octanol–water partition coefficient (Wildman–Crippen LogP) is 1.13. The second-order valence-corrected chi connectivity index (χ2v) is 6.26. The number of likely N-dealkylation sites (tertiary alicyclic amines) is 1. The van der Waals surface area contributed by atoms with Crippen LogP contribution in [-0.4, -0.2) is 59.1 Å². The van der Waals surface area contributed by atoms with Gasteiger partial charge in [0.15, 0.2) is 0 Å². The van der Waals surface area contributed by atoms with Gasteiger partial charge in [0.05, 0.1) is 12.1 Å². The molecule has 124 valence electrons. The molecule has 2 atom stereocenters. The van der Waals surface area contributed by atoms with E-state index in [1.165, 1.54) is 0 Å². The number of benzene rings is 1. The highest BCUT2D eigenvalue weighted by Crippen LogP contribution is 2.21. The lowest BCUT2D eigenvalue weighted by Gasteiger charge is -2.35. The standard InChI is InChI=1S/C17H23N3O3/c21-14-7-4-9-19(11-14)16(22)12-20-10-8-15(18-17(20)23)13-5-2-1-3-6-13/h1-3,5-6,14-15,21H,4,7-12H2,(H,18,23)/t14-,15?/m1/s1. The Kier molecular flexibility index (Phi) is 4.81. The van der Waals surface area contributed by atoms with Gasteiger partial charge in [0.25, 0.3) is 0 Å². The van der Waals surface area contributed by atoms with E-state index in [2.05, 4.69) is 5.32 Å². The maximum absolute atomic E-state index is 12.3. The summed E-state index contributed by atoms with van der Waals surface area (Å²) in [6.07, 6.45) is 1.90. The van der Waals surface area contributed by atoms with Crippen LogP contribution in [0.1, 0.15) is 30.9 Å². The van der Waals surface area contributed by atoms with Crippen LogP contribution in [0.2, 0.25) is 0 Å². The molecule has 23 heavy (non-hydrogen) atoms. The quantitative estimate of drug-likeness (QED) is 0.877. The van der Waals surface area contributed by atoms with Crippen LogP contribution in [0.15, 0.2) is 30.3 Å². The van der Waals surface area contributed by atoms with Crippen LogP contribution in [0.5, 0.6) is 0 Å². The van der Waals surface area contributed by atoms with Crippen molar-refractivity contribution in [2.24, 2.45) is 0 Å². The van der Waals surface area contributed by atoms with Crippen molar-refractivity contribution in [2.75, 3.05) is 26.2 Å². The van der Waals surface area contributed by atoms with Gasteiger partial charge in [0, 0.05) is 19.6 Å². The molecule has 6 nitrogen and oxygen atoms in total. The van der Waals surface area contributed by atoms with Crippen LogP contribution in [0.4, 0.5) is 4.79 Å². The van der Waals surface area contributed by atoms with E-state index in [0.717, 1.165) is 24.8 Å². The number of carbonyl (C=O) groups excluding carboxylic acids is 2. The van der Waals surface area contributed by atoms with Gasteiger partial charge in [-0.25, -0.2) is 4.79 Å². The number of rotatable bonds is 3. The van der Waals surface area contributed by atoms with E-state index in [0.29, 0.717) is 19.6 Å². The molecule has 6 heteroatoms.